The van der Waals surface area contributed by atoms with Crippen molar-refractivity contribution in [2.45, 2.75) is 31.9 Å². The number of hydrogen-bond donors (Lipinski definition) is 1. The number of hydrogen-bond acceptors (Lipinski definition) is 6. The zero-order valence-corrected chi connectivity index (χ0v) is 16.2. The summed E-state index contributed by atoms with van der Waals surface area (Å²) in [6.45, 7) is 3.01. The number of amides is 1. The number of furan rings is 1. The lowest BCUT2D eigenvalue weighted by Gasteiger charge is -2.19. The van der Waals surface area contributed by atoms with Gasteiger partial charge in [0.1, 0.15) is 5.69 Å². The van der Waals surface area contributed by atoms with Gasteiger partial charge in [0, 0.05) is 13.1 Å². The van der Waals surface area contributed by atoms with E-state index in [1.807, 2.05) is 0 Å². The Bertz CT molecular complexity index is 1010. The van der Waals surface area contributed by atoms with E-state index in [0.29, 0.717) is 17.6 Å². The van der Waals surface area contributed by atoms with E-state index in [9.17, 15) is 18.0 Å². The van der Waals surface area contributed by atoms with Crippen LogP contribution in [0.2, 0.25) is 0 Å². The molecule has 1 aliphatic heterocycles. The average Bonchev–Trinajstić information content (AvgIpc) is 3.31. The number of fused-ring (bicyclic) bond motifs is 1. The number of halogens is 3. The van der Waals surface area contributed by atoms with Crippen LogP contribution < -0.4 is 5.32 Å². The largest absolute Gasteiger partial charge is 0.463 e. The van der Waals surface area contributed by atoms with Crippen molar-refractivity contribution in [3.05, 3.63) is 36.0 Å². The lowest BCUT2D eigenvalue weighted by molar-refractivity contribution is -0.142. The van der Waals surface area contributed by atoms with Crippen molar-refractivity contribution in [1.82, 2.24) is 29.8 Å². The molecule has 1 saturated heterocycles. The van der Waals surface area contributed by atoms with Crippen LogP contribution in [0.1, 0.15) is 42.0 Å². The van der Waals surface area contributed by atoms with Gasteiger partial charge in [-0.1, -0.05) is 12.8 Å². The second-order valence-electron chi connectivity index (χ2n) is 7.16. The Balaban J connectivity index is 1.53. The molecular formula is C19H21F3N6O2. The fourth-order valence-corrected chi connectivity index (χ4v) is 3.48. The Morgan fingerprint density at radius 2 is 1.93 bits per heavy atom. The number of likely N-dealkylation sites (tertiary alicyclic amines) is 1. The maximum absolute atomic E-state index is 13.5. The summed E-state index contributed by atoms with van der Waals surface area (Å²) in [6.07, 6.45) is 1.31. The molecule has 4 heterocycles. The Morgan fingerprint density at radius 1 is 1.17 bits per heavy atom. The number of aromatic nitrogens is 4. The van der Waals surface area contributed by atoms with E-state index in [1.165, 1.54) is 25.2 Å². The minimum absolute atomic E-state index is 0.0413. The molecule has 0 radical (unpaired) electrons. The zero-order chi connectivity index (χ0) is 21.1. The Kier molecular flexibility index (Phi) is 5.71. The van der Waals surface area contributed by atoms with Gasteiger partial charge in [0.2, 0.25) is 5.82 Å². The standard InChI is InChI=1S/C19H21F3N6O2/c20-19(21,22)15-12-13(14-6-5-11-30-14)24-18-25-16(26-28(15)18)17(29)23-7-10-27-8-3-1-2-4-9-27/h5-6,11-12H,1-4,7-10H2,(H,23,29). The minimum Gasteiger partial charge on any atom is -0.463 e. The number of nitrogens with one attached hydrogen (secondary N) is 1. The van der Waals surface area contributed by atoms with Crippen molar-refractivity contribution >= 4 is 11.7 Å². The summed E-state index contributed by atoms with van der Waals surface area (Å²) >= 11 is 0. The molecule has 0 aromatic carbocycles. The van der Waals surface area contributed by atoms with Crippen LogP contribution in [0, 0.1) is 0 Å². The van der Waals surface area contributed by atoms with Gasteiger partial charge in [-0.25, -0.2) is 4.98 Å². The first-order valence-electron chi connectivity index (χ1n) is 9.81. The molecule has 1 amide bonds. The number of carbonyl (C=O) groups is 1. The van der Waals surface area contributed by atoms with Crippen LogP contribution in [-0.2, 0) is 6.18 Å². The summed E-state index contributed by atoms with van der Waals surface area (Å²) in [5.74, 6) is -1.16. The monoisotopic (exact) mass is 422 g/mol. The SMILES string of the molecule is O=C(NCCN1CCCCCC1)c1nc2nc(-c3ccco3)cc(C(F)(F)F)n2n1. The van der Waals surface area contributed by atoms with Gasteiger partial charge in [0.25, 0.3) is 11.7 Å². The van der Waals surface area contributed by atoms with Crippen molar-refractivity contribution in [3.63, 3.8) is 0 Å². The maximum Gasteiger partial charge on any atom is 0.433 e. The first kappa shape index (κ1) is 20.3. The quantitative estimate of drug-likeness (QED) is 0.680. The summed E-state index contributed by atoms with van der Waals surface area (Å²) in [4.78, 5) is 22.6. The molecule has 3 aromatic heterocycles. The highest BCUT2D eigenvalue weighted by Crippen LogP contribution is 2.31. The Labute approximate surface area is 170 Å². The normalized spacial score (nSPS) is 16.0. The average molecular weight is 422 g/mol. The van der Waals surface area contributed by atoms with Crippen LogP contribution in [0.15, 0.2) is 28.9 Å². The van der Waals surface area contributed by atoms with Crippen molar-refractivity contribution in [3.8, 4) is 11.5 Å². The van der Waals surface area contributed by atoms with Gasteiger partial charge in [-0.3, -0.25) is 4.79 Å². The van der Waals surface area contributed by atoms with Crippen molar-refractivity contribution in [2.24, 2.45) is 0 Å². The third-order valence-corrected chi connectivity index (χ3v) is 4.99. The summed E-state index contributed by atoms with van der Waals surface area (Å²) < 4.78 is 46.3. The molecule has 0 bridgehead atoms. The van der Waals surface area contributed by atoms with Crippen molar-refractivity contribution in [2.75, 3.05) is 26.2 Å². The lowest BCUT2D eigenvalue weighted by atomic mass is 10.2. The second kappa shape index (κ2) is 8.42. The Hall–Kier alpha value is -2.95. The highest BCUT2D eigenvalue weighted by atomic mass is 19.4. The molecule has 1 fully saturated rings. The second-order valence-corrected chi connectivity index (χ2v) is 7.16. The number of alkyl halides is 3. The molecule has 3 aromatic rings. The number of nitrogens with zero attached hydrogens (tertiary/aromatic N) is 5. The highest BCUT2D eigenvalue weighted by Gasteiger charge is 2.36. The summed E-state index contributed by atoms with van der Waals surface area (Å²) in [6, 6.07) is 3.86. The summed E-state index contributed by atoms with van der Waals surface area (Å²) in [7, 11) is 0. The van der Waals surface area contributed by atoms with Crippen LogP contribution in [0.3, 0.4) is 0 Å². The number of rotatable bonds is 5. The van der Waals surface area contributed by atoms with E-state index < -0.39 is 17.8 Å². The fraction of sp³-hybridized carbons (Fsp3) is 0.474. The highest BCUT2D eigenvalue weighted by molar-refractivity contribution is 5.90. The molecule has 0 saturated carbocycles. The predicted molar refractivity (Wildman–Crippen MR) is 101 cm³/mol. The van der Waals surface area contributed by atoms with E-state index in [4.69, 9.17) is 4.42 Å². The first-order valence-corrected chi connectivity index (χ1v) is 9.81. The Morgan fingerprint density at radius 3 is 2.60 bits per heavy atom. The van der Waals surface area contributed by atoms with Crippen LogP contribution in [0.5, 0.6) is 0 Å². The van der Waals surface area contributed by atoms with Gasteiger partial charge >= 0.3 is 6.18 Å². The van der Waals surface area contributed by atoms with Gasteiger partial charge in [0.15, 0.2) is 11.5 Å². The third kappa shape index (κ3) is 4.45. The first-order chi connectivity index (χ1) is 14.4. The van der Waals surface area contributed by atoms with Gasteiger partial charge in [0.05, 0.1) is 6.26 Å². The number of carbonyl (C=O) groups excluding carboxylic acids is 1. The van der Waals surface area contributed by atoms with E-state index in [0.717, 1.165) is 32.0 Å². The topological polar surface area (TPSA) is 88.6 Å². The molecule has 0 aliphatic carbocycles. The minimum atomic E-state index is -4.71. The van der Waals surface area contributed by atoms with Gasteiger partial charge in [-0.2, -0.15) is 22.7 Å². The molecule has 0 unspecified atom stereocenters. The molecule has 1 N–H and O–H groups in total. The van der Waals surface area contributed by atoms with Crippen LogP contribution in [0.25, 0.3) is 17.2 Å². The van der Waals surface area contributed by atoms with Crippen molar-refractivity contribution in [1.29, 1.82) is 0 Å². The van der Waals surface area contributed by atoms with Gasteiger partial charge in [-0.05, 0) is 44.1 Å². The van der Waals surface area contributed by atoms with Crippen LogP contribution in [-0.4, -0.2) is 56.6 Å². The fourth-order valence-electron chi connectivity index (χ4n) is 3.48. The van der Waals surface area contributed by atoms with Crippen LogP contribution in [0.4, 0.5) is 13.2 Å². The summed E-state index contributed by atoms with van der Waals surface area (Å²) in [5.41, 5.74) is -1.13. The van der Waals surface area contributed by atoms with E-state index >= 15 is 0 Å². The van der Waals surface area contributed by atoms with E-state index in [1.54, 1.807) is 6.07 Å². The molecule has 11 heteroatoms. The molecule has 30 heavy (non-hydrogen) atoms. The molecule has 0 atom stereocenters. The van der Waals surface area contributed by atoms with E-state index in [2.05, 4.69) is 25.3 Å². The zero-order valence-electron chi connectivity index (χ0n) is 16.2. The molecule has 0 spiro atoms. The van der Waals surface area contributed by atoms with Crippen molar-refractivity contribution < 1.29 is 22.4 Å². The smallest absolute Gasteiger partial charge is 0.433 e. The maximum atomic E-state index is 13.5. The molecule has 1 aliphatic rings. The molecule has 4 rings (SSSR count). The van der Waals surface area contributed by atoms with Gasteiger partial charge in [-0.15, -0.1) is 5.10 Å². The molecule has 160 valence electrons. The van der Waals surface area contributed by atoms with Gasteiger partial charge < -0.3 is 14.6 Å². The summed E-state index contributed by atoms with van der Waals surface area (Å²) in [5, 5.41) is 6.43. The van der Waals surface area contributed by atoms with Crippen LogP contribution >= 0.6 is 0 Å². The lowest BCUT2D eigenvalue weighted by Crippen LogP contribution is -2.35. The predicted octanol–water partition coefficient (Wildman–Crippen LogP) is 3.01. The molecular weight excluding hydrogens is 401 g/mol. The molecule has 8 nitrogen and oxygen atoms in total. The third-order valence-electron chi connectivity index (χ3n) is 4.99. The van der Waals surface area contributed by atoms with E-state index in [-0.39, 0.29) is 23.1 Å².